The van der Waals surface area contributed by atoms with Crippen molar-refractivity contribution in [2.45, 2.75) is 203 Å². The molecule has 418 valence electrons. The number of aliphatic hydroxyl groups is 4. The monoisotopic (exact) mass is 1060 g/mol. The summed E-state index contributed by atoms with van der Waals surface area (Å²) >= 11 is 0. The number of hydrogen-bond acceptors (Lipinski definition) is 17. The summed E-state index contributed by atoms with van der Waals surface area (Å²) in [7, 11) is 2.71. The maximum atomic E-state index is 14.8. The lowest BCUT2D eigenvalue weighted by atomic mass is 9.68. The molecule has 0 radical (unpaired) electrons. The lowest BCUT2D eigenvalue weighted by molar-refractivity contribution is -0.275. The average Bonchev–Trinajstić information content (AvgIpc) is 3.82. The van der Waals surface area contributed by atoms with Gasteiger partial charge >= 0.3 is 5.97 Å². The van der Waals surface area contributed by atoms with Crippen LogP contribution in [0.5, 0.6) is 0 Å². The molecule has 1 aromatic heterocycles. The van der Waals surface area contributed by atoms with Crippen LogP contribution in [0.25, 0.3) is 0 Å². The Balaban J connectivity index is 1.42. The first-order valence-corrected chi connectivity index (χ1v) is 27.6. The van der Waals surface area contributed by atoms with E-state index in [1.54, 1.807) is 33.9 Å². The van der Waals surface area contributed by atoms with E-state index in [0.717, 1.165) is 0 Å². The van der Waals surface area contributed by atoms with Gasteiger partial charge in [0, 0.05) is 70.8 Å². The number of rotatable bonds is 16. The Morgan fingerprint density at radius 3 is 2.22 bits per heavy atom. The number of cyclic esters (lactones) is 1. The Kier molecular flexibility index (Phi) is 21.0. The van der Waals surface area contributed by atoms with Gasteiger partial charge in [-0.1, -0.05) is 45.0 Å². The zero-order valence-electron chi connectivity index (χ0n) is 45.6. The second-order valence-electron chi connectivity index (χ2n) is 22.3. The van der Waals surface area contributed by atoms with Gasteiger partial charge in [0.15, 0.2) is 12.3 Å². The molecule has 0 bridgehead atoms. The smallest absolute Gasteiger partial charge is 0.309 e. The second kappa shape index (κ2) is 25.1. The maximum Gasteiger partial charge on any atom is 0.309 e. The van der Waals surface area contributed by atoms with Crippen LogP contribution in [0.15, 0.2) is 35.4 Å². The quantitative estimate of drug-likeness (QED) is 0.162. The van der Waals surface area contributed by atoms with Gasteiger partial charge in [-0.3, -0.25) is 4.79 Å². The highest BCUT2D eigenvalue weighted by Crippen LogP contribution is 2.45. The minimum absolute atomic E-state index is 0.0534. The molecule has 4 heterocycles. The number of hydrogen-bond donors (Lipinski definition) is 4. The number of carbonyl (C=O) groups is 1. The molecule has 1 unspecified atom stereocenters. The molecular weight excluding hydrogens is 973 g/mol. The van der Waals surface area contributed by atoms with Crippen molar-refractivity contribution < 1.29 is 70.8 Å². The number of ether oxygens (including phenoxy) is 6. The highest BCUT2D eigenvalue weighted by Gasteiger charge is 2.54. The molecule has 4 N–H and O–H groups in total. The second-order valence-corrected chi connectivity index (χ2v) is 24.2. The Morgan fingerprint density at radius 1 is 0.973 bits per heavy atom. The highest BCUT2D eigenvalue weighted by atomic mass is 32.2. The van der Waals surface area contributed by atoms with E-state index in [1.165, 1.54) is 50.1 Å². The summed E-state index contributed by atoms with van der Waals surface area (Å²) in [6.45, 7) is 18.2. The number of halogens is 2. The van der Waals surface area contributed by atoms with E-state index < -0.39 is 124 Å². The summed E-state index contributed by atoms with van der Waals surface area (Å²) in [6, 6.07) is 2.39. The average molecular weight is 1060 g/mol. The molecule has 19 atom stereocenters. The fraction of sp³-hybridized carbons (Fsp3) is 0.827. The molecule has 18 nitrogen and oxygen atoms in total. The molecule has 21 heteroatoms. The number of alkyl halides is 2. The Hall–Kier alpha value is -2.80. The van der Waals surface area contributed by atoms with Crippen LogP contribution >= 0.6 is 0 Å². The largest absolute Gasteiger partial charge is 0.459 e. The molecule has 1 aromatic carbocycles. The van der Waals surface area contributed by atoms with Gasteiger partial charge in [0.1, 0.15) is 42.7 Å². The number of benzene rings is 1. The van der Waals surface area contributed by atoms with Crippen molar-refractivity contribution in [3.05, 3.63) is 41.7 Å². The molecule has 3 aliphatic heterocycles. The minimum Gasteiger partial charge on any atom is -0.459 e. The molecular formula is C52H87F2N5O13S. The summed E-state index contributed by atoms with van der Waals surface area (Å²) in [6.07, 6.45) is -3.71. The van der Waals surface area contributed by atoms with E-state index >= 15 is 0 Å². The normalized spacial score (nSPS) is 38.8. The molecule has 5 rings (SSSR count). The van der Waals surface area contributed by atoms with Crippen LogP contribution in [-0.2, 0) is 49.5 Å². The van der Waals surface area contributed by atoms with Crippen molar-refractivity contribution in [2.75, 3.05) is 54.1 Å². The fourth-order valence-corrected chi connectivity index (χ4v) is 12.6. The third-order valence-electron chi connectivity index (χ3n) is 16.5. The van der Waals surface area contributed by atoms with Crippen molar-refractivity contribution in [2.24, 2.45) is 23.7 Å². The number of nitrogens with zero attached hydrogens (tertiary/aromatic N) is 5. The van der Waals surface area contributed by atoms with Crippen molar-refractivity contribution in [3.8, 4) is 0 Å². The van der Waals surface area contributed by atoms with Gasteiger partial charge in [-0.05, 0) is 104 Å². The zero-order chi connectivity index (χ0) is 54.5. The maximum absolute atomic E-state index is 14.8. The van der Waals surface area contributed by atoms with Crippen LogP contribution in [0.1, 0.15) is 125 Å². The van der Waals surface area contributed by atoms with Crippen molar-refractivity contribution in [1.82, 2.24) is 24.8 Å². The predicted octanol–water partition coefficient (Wildman–Crippen LogP) is 5.01. The van der Waals surface area contributed by atoms with Crippen LogP contribution in [0.3, 0.4) is 0 Å². The van der Waals surface area contributed by atoms with Gasteiger partial charge in [-0.2, -0.15) is 0 Å². The minimum atomic E-state index is -4.08. The Labute approximate surface area is 432 Å². The molecule has 0 spiro atoms. The number of likely N-dealkylation sites (N-methyl/N-ethyl adjacent to an activating group) is 2. The van der Waals surface area contributed by atoms with Gasteiger partial charge in [-0.15, -0.1) is 5.10 Å². The van der Waals surface area contributed by atoms with Crippen LogP contribution in [-0.4, -0.2) is 192 Å². The number of aliphatic hydroxyl groups excluding tert-OH is 2. The number of sulfone groups is 1. The first-order valence-electron chi connectivity index (χ1n) is 25.9. The first kappa shape index (κ1) is 61.1. The van der Waals surface area contributed by atoms with Gasteiger partial charge in [0.25, 0.3) is 0 Å². The SMILES string of the molecule is CC[C@H]1OC(=O)[C@H](C)C([C@H]2C[C@@](C)(OC)[C@@H](O)[C@H](C)O2)[C@H](C)[C@@H](O[C@H]2C[C@@H](N(C)CCc3cn([C@H](CF)[C@H](OC)c4ccc(S(=O)(=O)CF)cc4)nn3)C[C@@H](C)O2)[C@](C)(O)C[C@@H](C)CN(C)[C@H](C)[C@@H](O)[C@]1(C)O. The summed E-state index contributed by atoms with van der Waals surface area (Å²) in [4.78, 5) is 18.5. The summed E-state index contributed by atoms with van der Waals surface area (Å²) in [5.74, 6) is -2.99. The van der Waals surface area contributed by atoms with Crippen molar-refractivity contribution >= 4 is 15.8 Å². The van der Waals surface area contributed by atoms with E-state index in [4.69, 9.17) is 28.4 Å². The fourth-order valence-electron chi connectivity index (χ4n) is 12.0. The Morgan fingerprint density at radius 2 is 1.63 bits per heavy atom. The number of aromatic nitrogens is 3. The molecule has 0 amide bonds. The molecule has 3 saturated heterocycles. The molecule has 2 aromatic rings. The Bertz CT molecular complexity index is 2170. The molecule has 3 fully saturated rings. The van der Waals surface area contributed by atoms with Gasteiger partial charge in [-0.25, -0.2) is 21.9 Å². The van der Waals surface area contributed by atoms with Crippen LogP contribution in [0.4, 0.5) is 8.78 Å². The van der Waals surface area contributed by atoms with Gasteiger partial charge in [0.2, 0.25) is 9.84 Å². The third kappa shape index (κ3) is 14.0. The van der Waals surface area contributed by atoms with E-state index in [2.05, 4.69) is 15.2 Å². The lowest BCUT2D eigenvalue weighted by Gasteiger charge is -2.51. The predicted molar refractivity (Wildman–Crippen MR) is 268 cm³/mol. The number of methoxy groups -OCH3 is 2. The van der Waals surface area contributed by atoms with Gasteiger partial charge < -0.3 is 58.6 Å². The van der Waals surface area contributed by atoms with Crippen LogP contribution in [0.2, 0.25) is 0 Å². The van der Waals surface area contributed by atoms with Gasteiger partial charge in [0.05, 0.1) is 52.1 Å². The van der Waals surface area contributed by atoms with E-state index in [9.17, 15) is 42.4 Å². The zero-order valence-corrected chi connectivity index (χ0v) is 46.4. The third-order valence-corrected chi connectivity index (χ3v) is 17.7. The standard InChI is InChI=1S/C52H87F2N5O13S/c1-15-42-52(10,64)46(60)34(6)58(12)27-30(2)24-50(8,63)48(32(4)44(33(5)49(62)71-42)41-25-51(9,68-14)47(61)35(7)70-41)72-43-23-38(22-31(3)69-43)57(11)21-20-37-28-59(56-55-37)40(26-53)45(67-13)36-16-18-39(19-17-36)73(65,66)29-54/h16-19,28,30-35,38,40-48,60-61,63-64H,15,20-27,29H2,1-14H3/t30-,31-,32+,33-,34-,35+,38+,40-,41-,42-,43+,44?,45-,46-,47+,48-,50-,51-,52-/m1/s1. The van der Waals surface area contributed by atoms with E-state index in [-0.39, 0.29) is 42.2 Å². The summed E-state index contributed by atoms with van der Waals surface area (Å²) in [5.41, 5.74) is -3.31. The molecule has 0 aliphatic carbocycles. The van der Waals surface area contributed by atoms with Crippen LogP contribution in [0, 0.1) is 23.7 Å². The number of esters is 1. The molecule has 3 aliphatic rings. The first-order chi connectivity index (χ1) is 34.1. The van der Waals surface area contributed by atoms with Crippen molar-refractivity contribution in [1.29, 1.82) is 0 Å². The highest BCUT2D eigenvalue weighted by molar-refractivity contribution is 7.91. The topological polar surface area (TPSA) is 225 Å². The number of carbonyl (C=O) groups excluding carboxylic acids is 1. The molecule has 0 saturated carbocycles. The van der Waals surface area contributed by atoms with E-state index in [1.807, 2.05) is 53.6 Å². The van der Waals surface area contributed by atoms with Crippen molar-refractivity contribution in [3.63, 3.8) is 0 Å². The van der Waals surface area contributed by atoms with Crippen LogP contribution < -0.4 is 0 Å². The van der Waals surface area contributed by atoms with E-state index in [0.29, 0.717) is 43.6 Å². The summed E-state index contributed by atoms with van der Waals surface area (Å²) < 4.78 is 91.4. The summed E-state index contributed by atoms with van der Waals surface area (Å²) in [5, 5.41) is 56.4. The lowest BCUT2D eigenvalue weighted by Crippen LogP contribution is -2.61. The molecule has 73 heavy (non-hydrogen) atoms.